The average molecular weight is 573 g/mol. The Kier molecular flexibility index (Phi) is 9.31. The minimum absolute atomic E-state index is 0.135. The fourth-order valence-electron chi connectivity index (χ4n) is 4.59. The van der Waals surface area contributed by atoms with E-state index in [1.54, 1.807) is 26.4 Å². The predicted molar refractivity (Wildman–Crippen MR) is 161 cm³/mol. The number of aliphatic hydroxyl groups excluding tert-OH is 1. The quantitative estimate of drug-likeness (QED) is 0.241. The number of β-amino-alcohol motifs (C(OH)–C–C–N with tert-alkyl or cyclic N) is 1. The summed E-state index contributed by atoms with van der Waals surface area (Å²) in [6.45, 7) is 2.64. The van der Waals surface area contributed by atoms with Crippen molar-refractivity contribution in [3.63, 3.8) is 0 Å². The molecule has 1 unspecified atom stereocenters. The van der Waals surface area contributed by atoms with Gasteiger partial charge >= 0.3 is 0 Å². The molecule has 2 N–H and O–H groups in total. The van der Waals surface area contributed by atoms with Crippen molar-refractivity contribution < 1.29 is 24.1 Å². The van der Waals surface area contributed by atoms with E-state index in [2.05, 4.69) is 21.3 Å². The summed E-state index contributed by atoms with van der Waals surface area (Å²) in [6, 6.07) is 20.7. The molecule has 1 aromatic heterocycles. The zero-order valence-electron chi connectivity index (χ0n) is 23.0. The highest BCUT2D eigenvalue weighted by Gasteiger charge is 2.18. The summed E-state index contributed by atoms with van der Waals surface area (Å²) >= 11 is 1.93. The van der Waals surface area contributed by atoms with Gasteiger partial charge in [-0.25, -0.2) is 0 Å². The third-order valence-electron chi connectivity index (χ3n) is 6.70. The lowest BCUT2D eigenvalue weighted by molar-refractivity contribution is 0.0705. The molecule has 1 saturated heterocycles. The van der Waals surface area contributed by atoms with E-state index < -0.39 is 6.10 Å². The third-order valence-corrected chi connectivity index (χ3v) is 7.64. The van der Waals surface area contributed by atoms with Gasteiger partial charge in [0.2, 0.25) is 0 Å². The number of aliphatic hydroxyl groups is 1. The minimum atomic E-state index is -0.625. The van der Waals surface area contributed by atoms with Crippen molar-refractivity contribution >= 4 is 34.0 Å². The fraction of sp³-hybridized carbons (Fsp3) is 0.290. The first-order chi connectivity index (χ1) is 20.1. The largest absolute Gasteiger partial charge is 0.493 e. The molecule has 0 aliphatic carbocycles. The van der Waals surface area contributed by atoms with Crippen LogP contribution in [-0.4, -0.2) is 73.1 Å². The zero-order valence-corrected chi connectivity index (χ0v) is 23.8. The van der Waals surface area contributed by atoms with Crippen LogP contribution in [0.1, 0.15) is 5.56 Å². The molecule has 5 rings (SSSR count). The molecule has 1 fully saturated rings. The molecule has 10 heteroatoms. The topological polar surface area (TPSA) is 109 Å². The van der Waals surface area contributed by atoms with Crippen molar-refractivity contribution in [3.8, 4) is 34.8 Å². The van der Waals surface area contributed by atoms with Gasteiger partial charge in [-0.05, 0) is 42.5 Å². The minimum Gasteiger partial charge on any atom is -0.493 e. The van der Waals surface area contributed by atoms with E-state index in [1.165, 1.54) is 6.20 Å². The SMILES string of the molecule is COc1cc2c(Nc3ccc(Oc4ccccc4OC)cc3)c(C#N)cnc2cc1OCC(O)CN1CCSCC1. The summed E-state index contributed by atoms with van der Waals surface area (Å²) < 4.78 is 22.9. The molecular formula is C31H32N4O5S. The van der Waals surface area contributed by atoms with Gasteiger partial charge in [0.1, 0.15) is 24.5 Å². The Hall–Kier alpha value is -4.17. The summed E-state index contributed by atoms with van der Waals surface area (Å²) in [5.74, 6) is 5.04. The number of nitriles is 1. The molecule has 9 nitrogen and oxygen atoms in total. The van der Waals surface area contributed by atoms with E-state index in [9.17, 15) is 10.4 Å². The van der Waals surface area contributed by atoms with E-state index in [0.29, 0.717) is 57.4 Å². The van der Waals surface area contributed by atoms with Crippen LogP contribution in [0.4, 0.5) is 11.4 Å². The molecule has 3 aromatic carbocycles. The first-order valence-corrected chi connectivity index (χ1v) is 14.4. The van der Waals surface area contributed by atoms with Crippen LogP contribution in [0.15, 0.2) is 66.9 Å². The number of thioether (sulfide) groups is 1. The molecule has 1 aliphatic heterocycles. The summed E-state index contributed by atoms with van der Waals surface area (Å²) in [5, 5.41) is 24.4. The Morgan fingerprint density at radius 2 is 1.73 bits per heavy atom. The molecule has 4 aromatic rings. The van der Waals surface area contributed by atoms with E-state index >= 15 is 0 Å². The molecule has 0 amide bonds. The maximum absolute atomic E-state index is 10.6. The summed E-state index contributed by atoms with van der Waals surface area (Å²) in [5.41, 5.74) is 2.38. The lowest BCUT2D eigenvalue weighted by Gasteiger charge is -2.28. The van der Waals surface area contributed by atoms with E-state index in [4.69, 9.17) is 18.9 Å². The highest BCUT2D eigenvalue weighted by molar-refractivity contribution is 7.99. The Balaban J connectivity index is 1.34. The number of anilines is 2. The molecule has 0 saturated carbocycles. The first kappa shape index (κ1) is 28.4. The van der Waals surface area contributed by atoms with Crippen LogP contribution in [0.25, 0.3) is 10.9 Å². The molecule has 212 valence electrons. The van der Waals surface area contributed by atoms with Crippen LogP contribution < -0.4 is 24.3 Å². The number of para-hydroxylation sites is 2. The van der Waals surface area contributed by atoms with E-state index in [0.717, 1.165) is 30.3 Å². The summed E-state index contributed by atoms with van der Waals surface area (Å²) in [6.07, 6.45) is 0.906. The normalized spacial score (nSPS) is 14.2. The van der Waals surface area contributed by atoms with Gasteiger partial charge in [-0.2, -0.15) is 17.0 Å². The number of ether oxygens (including phenoxy) is 4. The van der Waals surface area contributed by atoms with Crippen LogP contribution in [0.5, 0.6) is 28.7 Å². The van der Waals surface area contributed by atoms with Crippen molar-refractivity contribution in [2.75, 3.05) is 57.3 Å². The van der Waals surface area contributed by atoms with Crippen LogP contribution in [0.3, 0.4) is 0 Å². The van der Waals surface area contributed by atoms with Crippen LogP contribution >= 0.6 is 11.8 Å². The number of pyridine rings is 1. The second-order valence-corrected chi connectivity index (χ2v) is 10.7. The van der Waals surface area contributed by atoms with Gasteiger partial charge in [-0.1, -0.05) is 12.1 Å². The lowest BCUT2D eigenvalue weighted by Crippen LogP contribution is -2.40. The standard InChI is InChI=1S/C31H32N4O5S/c1-37-27-5-3-4-6-28(27)40-24-9-7-22(8-10-24)34-31-21(17-32)18-33-26-16-30(29(38-2)15-25(26)31)39-20-23(36)19-35-11-13-41-14-12-35/h3-10,15-16,18,23,36H,11-14,19-20H2,1-2H3,(H,33,34). The van der Waals surface area contributed by atoms with Gasteiger partial charge in [-0.3, -0.25) is 9.88 Å². The number of hydrogen-bond donors (Lipinski definition) is 2. The van der Waals surface area contributed by atoms with Crippen LogP contribution in [0.2, 0.25) is 0 Å². The van der Waals surface area contributed by atoms with Gasteiger partial charge in [0.15, 0.2) is 23.0 Å². The Morgan fingerprint density at radius 3 is 2.44 bits per heavy atom. The van der Waals surface area contributed by atoms with Gasteiger partial charge < -0.3 is 29.4 Å². The predicted octanol–water partition coefficient (Wildman–Crippen LogP) is 5.45. The molecule has 0 spiro atoms. The molecular weight excluding hydrogens is 540 g/mol. The fourth-order valence-corrected chi connectivity index (χ4v) is 5.57. The third kappa shape index (κ3) is 6.95. The number of nitrogens with zero attached hydrogens (tertiary/aromatic N) is 3. The number of benzene rings is 3. The maximum atomic E-state index is 10.6. The van der Waals surface area contributed by atoms with Gasteiger partial charge in [0, 0.05) is 54.5 Å². The summed E-state index contributed by atoms with van der Waals surface area (Å²) in [7, 11) is 3.16. The van der Waals surface area contributed by atoms with Crippen molar-refractivity contribution in [1.29, 1.82) is 5.26 Å². The average Bonchev–Trinajstić information content (AvgIpc) is 3.01. The van der Waals surface area contributed by atoms with Gasteiger partial charge in [0.05, 0.1) is 31.0 Å². The molecule has 0 bridgehead atoms. The van der Waals surface area contributed by atoms with Gasteiger partial charge in [-0.15, -0.1) is 0 Å². The smallest absolute Gasteiger partial charge is 0.169 e. The summed E-state index contributed by atoms with van der Waals surface area (Å²) in [4.78, 5) is 6.74. The highest BCUT2D eigenvalue weighted by Crippen LogP contribution is 2.38. The number of methoxy groups -OCH3 is 2. The number of nitrogens with one attached hydrogen (secondary N) is 1. The van der Waals surface area contributed by atoms with Crippen molar-refractivity contribution in [1.82, 2.24) is 9.88 Å². The number of rotatable bonds is 11. The van der Waals surface area contributed by atoms with Crippen molar-refractivity contribution in [2.45, 2.75) is 6.10 Å². The molecule has 1 atom stereocenters. The van der Waals surface area contributed by atoms with Gasteiger partial charge in [0.25, 0.3) is 0 Å². The number of aromatic nitrogens is 1. The van der Waals surface area contributed by atoms with E-state index in [1.807, 2.05) is 60.3 Å². The second-order valence-electron chi connectivity index (χ2n) is 9.46. The first-order valence-electron chi connectivity index (χ1n) is 13.3. The Labute approximate surface area is 243 Å². The Morgan fingerprint density at radius 1 is 1.00 bits per heavy atom. The molecule has 2 heterocycles. The zero-order chi connectivity index (χ0) is 28.6. The number of fused-ring (bicyclic) bond motifs is 1. The van der Waals surface area contributed by atoms with Crippen molar-refractivity contribution in [2.24, 2.45) is 0 Å². The maximum Gasteiger partial charge on any atom is 0.169 e. The molecule has 0 radical (unpaired) electrons. The van der Waals surface area contributed by atoms with Crippen LogP contribution in [0, 0.1) is 11.3 Å². The van der Waals surface area contributed by atoms with Crippen molar-refractivity contribution in [3.05, 3.63) is 72.4 Å². The highest BCUT2D eigenvalue weighted by atomic mass is 32.2. The molecule has 1 aliphatic rings. The monoisotopic (exact) mass is 572 g/mol. The van der Waals surface area contributed by atoms with Crippen LogP contribution in [-0.2, 0) is 0 Å². The lowest BCUT2D eigenvalue weighted by atomic mass is 10.1. The second kappa shape index (κ2) is 13.5. The molecule has 41 heavy (non-hydrogen) atoms. The van der Waals surface area contributed by atoms with E-state index in [-0.39, 0.29) is 6.61 Å². The Bertz CT molecular complexity index is 1520. The number of hydrogen-bond acceptors (Lipinski definition) is 10.